The summed E-state index contributed by atoms with van der Waals surface area (Å²) in [6.07, 6.45) is -0.227. The fourth-order valence-electron chi connectivity index (χ4n) is 1.17. The van der Waals surface area contributed by atoms with Crippen molar-refractivity contribution in [2.75, 3.05) is 20.6 Å². The summed E-state index contributed by atoms with van der Waals surface area (Å²) < 4.78 is 10.1. The highest BCUT2D eigenvalue weighted by atomic mass is 16.8. The Labute approximate surface area is 106 Å². The van der Waals surface area contributed by atoms with Crippen molar-refractivity contribution in [2.45, 2.75) is 26.7 Å². The summed E-state index contributed by atoms with van der Waals surface area (Å²) in [6.45, 7) is 4.84. The Morgan fingerprint density at radius 3 is 2.39 bits per heavy atom. The number of aromatic nitrogens is 2. The van der Waals surface area contributed by atoms with Crippen LogP contribution in [0, 0.1) is 6.92 Å². The van der Waals surface area contributed by atoms with Gasteiger partial charge in [-0.15, -0.1) is 10.2 Å². The van der Waals surface area contributed by atoms with Crippen LogP contribution in [0.4, 0.5) is 0 Å². The molecular formula is C10H19N5O3. The Kier molecular flexibility index (Phi) is 6.09. The summed E-state index contributed by atoms with van der Waals surface area (Å²) in [5, 5.41) is 16.8. The molecule has 2 N–H and O–H groups in total. The van der Waals surface area contributed by atoms with Gasteiger partial charge in [0.1, 0.15) is 0 Å². The summed E-state index contributed by atoms with van der Waals surface area (Å²) in [4.78, 5) is 4.81. The molecule has 2 heterocycles. The lowest BCUT2D eigenvalue weighted by molar-refractivity contribution is -0.0438. The van der Waals surface area contributed by atoms with Crippen LogP contribution < -0.4 is 10.6 Å². The third kappa shape index (κ3) is 5.11. The molecule has 0 spiro atoms. The minimum Gasteiger partial charge on any atom is -0.435 e. The van der Waals surface area contributed by atoms with Gasteiger partial charge in [0.25, 0.3) is 6.29 Å². The van der Waals surface area contributed by atoms with Gasteiger partial charge in [0.05, 0.1) is 13.1 Å². The maximum Gasteiger partial charge on any atom is 0.279 e. The van der Waals surface area contributed by atoms with E-state index >= 15 is 0 Å². The molecule has 8 nitrogen and oxygen atoms in total. The molecule has 2 rings (SSSR count). The fourth-order valence-corrected chi connectivity index (χ4v) is 1.17. The van der Waals surface area contributed by atoms with E-state index in [1.54, 1.807) is 13.8 Å². The van der Waals surface area contributed by atoms with E-state index < -0.39 is 0 Å². The minimum absolute atomic E-state index is 0.227. The molecule has 0 saturated heterocycles. The average Bonchev–Trinajstić information content (AvgIpc) is 2.90. The number of rotatable bonds is 4. The zero-order chi connectivity index (χ0) is 13.4. The van der Waals surface area contributed by atoms with Crippen LogP contribution in [0.2, 0.25) is 0 Å². The highest BCUT2D eigenvalue weighted by Gasteiger charge is 2.16. The van der Waals surface area contributed by atoms with Crippen LogP contribution in [0.3, 0.4) is 0 Å². The molecular weight excluding hydrogens is 238 g/mol. The van der Waals surface area contributed by atoms with Gasteiger partial charge in [0, 0.05) is 13.8 Å². The third-order valence-electron chi connectivity index (χ3n) is 1.87. The van der Waals surface area contributed by atoms with E-state index in [-0.39, 0.29) is 6.29 Å². The summed E-state index contributed by atoms with van der Waals surface area (Å²) in [5.41, 5.74) is 0. The highest BCUT2D eigenvalue weighted by molar-refractivity contribution is 5.73. The Bertz CT molecular complexity index is 379. The maximum absolute atomic E-state index is 5.07. The summed E-state index contributed by atoms with van der Waals surface area (Å²) in [7, 11) is 3.67. The average molecular weight is 257 g/mol. The summed E-state index contributed by atoms with van der Waals surface area (Å²) >= 11 is 0. The predicted molar refractivity (Wildman–Crippen MR) is 64.8 cm³/mol. The van der Waals surface area contributed by atoms with Crippen molar-refractivity contribution < 1.29 is 14.0 Å². The van der Waals surface area contributed by atoms with Crippen molar-refractivity contribution in [2.24, 2.45) is 5.16 Å². The molecule has 0 radical (unpaired) electrons. The first kappa shape index (κ1) is 14.4. The minimum atomic E-state index is -0.227. The lowest BCUT2D eigenvalue weighted by Gasteiger charge is -2.05. The second-order valence-corrected chi connectivity index (χ2v) is 3.57. The molecule has 18 heavy (non-hydrogen) atoms. The molecule has 0 fully saturated rings. The third-order valence-corrected chi connectivity index (χ3v) is 1.87. The lowest BCUT2D eigenvalue weighted by Crippen LogP contribution is -2.25. The Balaban J connectivity index is 0.000000180. The number of aryl methyl sites for hydroxylation is 1. The van der Waals surface area contributed by atoms with Gasteiger partial charge in [-0.25, -0.2) is 0 Å². The predicted octanol–water partition coefficient (Wildman–Crippen LogP) is 0.00952. The largest absolute Gasteiger partial charge is 0.435 e. The first-order chi connectivity index (χ1) is 8.65. The van der Waals surface area contributed by atoms with E-state index in [2.05, 4.69) is 26.0 Å². The SMILES string of the molecule is CNCC1ON=C(C)O1.CNCc1nnc(C)o1. The van der Waals surface area contributed by atoms with Gasteiger partial charge in [0.2, 0.25) is 17.7 Å². The van der Waals surface area contributed by atoms with E-state index in [4.69, 9.17) is 14.0 Å². The molecule has 0 bridgehead atoms. The Morgan fingerprint density at radius 1 is 1.17 bits per heavy atom. The first-order valence-electron chi connectivity index (χ1n) is 5.61. The van der Waals surface area contributed by atoms with Gasteiger partial charge in [-0.05, 0) is 19.3 Å². The zero-order valence-corrected chi connectivity index (χ0v) is 11.1. The van der Waals surface area contributed by atoms with E-state index in [9.17, 15) is 0 Å². The van der Waals surface area contributed by atoms with Crippen LogP contribution in [0.25, 0.3) is 0 Å². The van der Waals surface area contributed by atoms with Crippen molar-refractivity contribution >= 4 is 5.90 Å². The molecule has 0 aliphatic carbocycles. The molecule has 0 aromatic carbocycles. The van der Waals surface area contributed by atoms with Crippen molar-refractivity contribution in [3.8, 4) is 0 Å². The lowest BCUT2D eigenvalue weighted by atomic mass is 10.6. The Morgan fingerprint density at radius 2 is 1.94 bits per heavy atom. The fraction of sp³-hybridized carbons (Fsp3) is 0.700. The van der Waals surface area contributed by atoms with Gasteiger partial charge in [-0.2, -0.15) is 0 Å². The second kappa shape index (κ2) is 7.62. The number of nitrogens with one attached hydrogen (secondary N) is 2. The smallest absolute Gasteiger partial charge is 0.279 e. The topological polar surface area (TPSA) is 93.8 Å². The van der Waals surface area contributed by atoms with Gasteiger partial charge in [-0.1, -0.05) is 0 Å². The second-order valence-electron chi connectivity index (χ2n) is 3.57. The molecule has 1 aliphatic heterocycles. The van der Waals surface area contributed by atoms with Gasteiger partial charge in [-0.3, -0.25) is 0 Å². The molecule has 1 aliphatic rings. The van der Waals surface area contributed by atoms with Crippen LogP contribution >= 0.6 is 0 Å². The number of nitrogens with zero attached hydrogens (tertiary/aromatic N) is 3. The number of ether oxygens (including phenoxy) is 1. The van der Waals surface area contributed by atoms with Gasteiger partial charge in [0.15, 0.2) is 0 Å². The van der Waals surface area contributed by atoms with E-state index in [0.29, 0.717) is 30.8 Å². The monoisotopic (exact) mass is 257 g/mol. The van der Waals surface area contributed by atoms with Crippen molar-refractivity contribution in [3.05, 3.63) is 11.8 Å². The molecule has 1 aromatic heterocycles. The number of hydrogen-bond acceptors (Lipinski definition) is 8. The quantitative estimate of drug-likeness (QED) is 0.784. The van der Waals surface area contributed by atoms with Gasteiger partial charge >= 0.3 is 0 Å². The van der Waals surface area contributed by atoms with Crippen molar-refractivity contribution in [1.82, 2.24) is 20.8 Å². The molecule has 0 saturated carbocycles. The zero-order valence-electron chi connectivity index (χ0n) is 11.1. The van der Waals surface area contributed by atoms with Crippen LogP contribution in [-0.2, 0) is 16.1 Å². The van der Waals surface area contributed by atoms with Crippen LogP contribution in [-0.4, -0.2) is 43.0 Å². The first-order valence-corrected chi connectivity index (χ1v) is 5.61. The standard InChI is InChI=1S/C5H9N3O.C5H10N2O2/c1-4-7-8-5(9-4)3-6-2;1-4-7-9-5(8-4)3-6-2/h6H,3H2,1-2H3;5-6H,3H2,1-2H3. The van der Waals surface area contributed by atoms with E-state index in [1.807, 2.05) is 14.1 Å². The highest BCUT2D eigenvalue weighted by Crippen LogP contribution is 2.03. The van der Waals surface area contributed by atoms with Crippen LogP contribution in [0.1, 0.15) is 18.7 Å². The molecule has 102 valence electrons. The van der Waals surface area contributed by atoms with E-state index in [1.165, 1.54) is 0 Å². The molecule has 8 heteroatoms. The van der Waals surface area contributed by atoms with E-state index in [0.717, 1.165) is 0 Å². The molecule has 1 unspecified atom stereocenters. The number of likely N-dealkylation sites (N-methyl/N-ethyl adjacent to an activating group) is 1. The maximum atomic E-state index is 5.07. The van der Waals surface area contributed by atoms with Crippen molar-refractivity contribution in [3.63, 3.8) is 0 Å². The summed E-state index contributed by atoms with van der Waals surface area (Å²) in [5.74, 6) is 1.84. The molecule has 0 amide bonds. The number of oxime groups is 1. The van der Waals surface area contributed by atoms with Crippen molar-refractivity contribution in [1.29, 1.82) is 0 Å². The molecule has 1 aromatic rings. The Hall–Kier alpha value is -1.67. The van der Waals surface area contributed by atoms with Crippen LogP contribution in [0.5, 0.6) is 0 Å². The summed E-state index contributed by atoms with van der Waals surface area (Å²) in [6, 6.07) is 0. The normalized spacial score (nSPS) is 17.3. The van der Waals surface area contributed by atoms with Gasteiger partial charge < -0.3 is 24.6 Å². The number of hydrogen-bond donors (Lipinski definition) is 2. The molecule has 1 atom stereocenters. The van der Waals surface area contributed by atoms with Crippen LogP contribution in [0.15, 0.2) is 9.57 Å².